The standard InChI is InChI=1S/C33H35Cl2FN6O3/c1-21-7-4-8-22(2)29(21)39-31(43)24-20-37-33(40-32(24)45-28-12-11-23(34)19-25(28)35)38-27-10-5-9-26(36)30(27)44-18-6-13-42-16-14-41(3)15-17-42/h4-5,7-12,19-20H,6,13-18H2,1-3H3,(H,39,43)(H,37,38,40). The zero-order valence-electron chi connectivity index (χ0n) is 25.4. The number of hydrogen-bond acceptors (Lipinski definition) is 8. The number of amides is 1. The van der Waals surface area contributed by atoms with Crippen molar-refractivity contribution in [2.45, 2.75) is 20.3 Å². The number of halogens is 3. The number of hydrogen-bond donors (Lipinski definition) is 2. The highest BCUT2D eigenvalue weighted by Gasteiger charge is 2.21. The van der Waals surface area contributed by atoms with E-state index in [-0.39, 0.29) is 33.9 Å². The number of rotatable bonds is 11. The SMILES string of the molecule is Cc1cccc(C)c1NC(=O)c1cnc(Nc2cccc(F)c2OCCCN2CCN(C)CC2)nc1Oc1ccc(Cl)cc1Cl. The minimum Gasteiger partial charge on any atom is -0.488 e. The first kappa shape index (κ1) is 32.4. The van der Waals surface area contributed by atoms with Crippen LogP contribution in [0.15, 0.2) is 60.8 Å². The summed E-state index contributed by atoms with van der Waals surface area (Å²) >= 11 is 12.4. The van der Waals surface area contributed by atoms with E-state index in [9.17, 15) is 9.18 Å². The van der Waals surface area contributed by atoms with Gasteiger partial charge in [0.1, 0.15) is 11.3 Å². The average molecular weight is 654 g/mol. The van der Waals surface area contributed by atoms with E-state index in [1.54, 1.807) is 24.3 Å². The molecule has 0 atom stereocenters. The molecule has 0 aliphatic carbocycles. The molecule has 4 aromatic rings. The number of anilines is 3. The van der Waals surface area contributed by atoms with E-state index >= 15 is 0 Å². The number of nitrogens with zero attached hydrogens (tertiary/aromatic N) is 4. The molecular weight excluding hydrogens is 618 g/mol. The maximum Gasteiger partial charge on any atom is 0.262 e. The molecule has 0 radical (unpaired) electrons. The predicted molar refractivity (Wildman–Crippen MR) is 176 cm³/mol. The van der Waals surface area contributed by atoms with Gasteiger partial charge in [-0.2, -0.15) is 4.98 Å². The van der Waals surface area contributed by atoms with E-state index < -0.39 is 11.7 Å². The van der Waals surface area contributed by atoms with Crippen LogP contribution >= 0.6 is 23.2 Å². The first-order chi connectivity index (χ1) is 21.7. The summed E-state index contributed by atoms with van der Waals surface area (Å²) in [5.41, 5.74) is 2.86. The van der Waals surface area contributed by atoms with E-state index in [1.165, 1.54) is 18.3 Å². The van der Waals surface area contributed by atoms with Gasteiger partial charge in [0.2, 0.25) is 11.8 Å². The molecule has 1 aromatic heterocycles. The predicted octanol–water partition coefficient (Wildman–Crippen LogP) is 7.34. The summed E-state index contributed by atoms with van der Waals surface area (Å²) in [6, 6.07) is 15.0. The largest absolute Gasteiger partial charge is 0.488 e. The Labute approximate surface area is 272 Å². The van der Waals surface area contributed by atoms with Gasteiger partial charge in [-0.15, -0.1) is 0 Å². The number of nitrogens with one attached hydrogen (secondary N) is 2. The van der Waals surface area contributed by atoms with Crippen LogP contribution in [-0.4, -0.2) is 72.1 Å². The van der Waals surface area contributed by atoms with Crippen LogP contribution in [0.4, 0.5) is 21.7 Å². The summed E-state index contributed by atoms with van der Waals surface area (Å²) in [5.74, 6) is -0.706. The molecule has 45 heavy (non-hydrogen) atoms. The molecule has 12 heteroatoms. The lowest BCUT2D eigenvalue weighted by atomic mass is 10.1. The molecule has 0 bridgehead atoms. The third-order valence-electron chi connectivity index (χ3n) is 7.49. The first-order valence-electron chi connectivity index (χ1n) is 14.6. The Morgan fingerprint density at radius 2 is 1.76 bits per heavy atom. The number of benzene rings is 3. The topological polar surface area (TPSA) is 91.8 Å². The maximum absolute atomic E-state index is 14.9. The second kappa shape index (κ2) is 14.9. The summed E-state index contributed by atoms with van der Waals surface area (Å²) in [7, 11) is 2.12. The smallest absolute Gasteiger partial charge is 0.262 e. The number of piperazine rings is 1. The molecule has 2 N–H and O–H groups in total. The number of carbonyl (C=O) groups is 1. The highest BCUT2D eigenvalue weighted by molar-refractivity contribution is 6.35. The molecule has 1 aliphatic heterocycles. The summed E-state index contributed by atoms with van der Waals surface area (Å²) in [5, 5.41) is 6.61. The molecule has 0 saturated carbocycles. The fourth-order valence-electron chi connectivity index (χ4n) is 4.92. The Morgan fingerprint density at radius 1 is 1.02 bits per heavy atom. The normalized spacial score (nSPS) is 13.8. The van der Waals surface area contributed by atoms with Gasteiger partial charge >= 0.3 is 0 Å². The first-order valence-corrected chi connectivity index (χ1v) is 15.4. The number of aromatic nitrogens is 2. The molecule has 1 aliphatic rings. The van der Waals surface area contributed by atoms with E-state index in [4.69, 9.17) is 32.7 Å². The Morgan fingerprint density at radius 3 is 2.49 bits per heavy atom. The van der Waals surface area contributed by atoms with Crippen LogP contribution in [-0.2, 0) is 0 Å². The van der Waals surface area contributed by atoms with E-state index in [0.29, 0.717) is 23.0 Å². The van der Waals surface area contributed by atoms with Crippen molar-refractivity contribution >= 4 is 46.4 Å². The molecule has 9 nitrogen and oxygen atoms in total. The van der Waals surface area contributed by atoms with Crippen LogP contribution in [0.2, 0.25) is 10.0 Å². The zero-order valence-corrected chi connectivity index (χ0v) is 26.9. The van der Waals surface area contributed by atoms with Crippen LogP contribution in [0.5, 0.6) is 17.4 Å². The minimum atomic E-state index is -0.520. The molecule has 0 unspecified atom stereocenters. The van der Waals surface area contributed by atoms with Gasteiger partial charge < -0.3 is 29.9 Å². The molecule has 1 amide bonds. The van der Waals surface area contributed by atoms with Crippen molar-refractivity contribution in [2.75, 3.05) is 57.0 Å². The van der Waals surface area contributed by atoms with Crippen LogP contribution in [0.1, 0.15) is 27.9 Å². The third kappa shape index (κ3) is 8.40. The van der Waals surface area contributed by atoms with Crippen molar-refractivity contribution in [3.8, 4) is 17.4 Å². The maximum atomic E-state index is 14.9. The van der Waals surface area contributed by atoms with Gasteiger partial charge in [-0.05, 0) is 68.8 Å². The fourth-order valence-corrected chi connectivity index (χ4v) is 5.37. The zero-order chi connectivity index (χ0) is 31.9. The number of likely N-dealkylation sites (N-methyl/N-ethyl adjacent to an activating group) is 1. The molecule has 1 saturated heterocycles. The molecule has 236 valence electrons. The van der Waals surface area contributed by atoms with Crippen molar-refractivity contribution < 1.29 is 18.7 Å². The van der Waals surface area contributed by atoms with Crippen molar-refractivity contribution in [1.82, 2.24) is 19.8 Å². The van der Waals surface area contributed by atoms with Crippen molar-refractivity contribution in [1.29, 1.82) is 0 Å². The van der Waals surface area contributed by atoms with Gasteiger partial charge in [0.15, 0.2) is 11.6 Å². The van der Waals surface area contributed by atoms with Gasteiger partial charge in [-0.1, -0.05) is 47.5 Å². The van der Waals surface area contributed by atoms with Gasteiger partial charge in [-0.3, -0.25) is 4.79 Å². The molecular formula is C33H35Cl2FN6O3. The number of aryl methyl sites for hydroxylation is 2. The molecule has 3 aromatic carbocycles. The molecule has 0 spiro atoms. The Balaban J connectivity index is 1.37. The van der Waals surface area contributed by atoms with Gasteiger partial charge in [0.05, 0.1) is 17.3 Å². The third-order valence-corrected chi connectivity index (χ3v) is 8.02. The monoisotopic (exact) mass is 652 g/mol. The van der Waals surface area contributed by atoms with Gasteiger partial charge in [0, 0.05) is 49.6 Å². The second-order valence-electron chi connectivity index (χ2n) is 10.9. The molecule has 1 fully saturated rings. The van der Waals surface area contributed by atoms with Crippen LogP contribution < -0.4 is 20.1 Å². The lowest BCUT2D eigenvalue weighted by Crippen LogP contribution is -2.44. The van der Waals surface area contributed by atoms with Gasteiger partial charge in [0.25, 0.3) is 5.91 Å². The van der Waals surface area contributed by atoms with Crippen molar-refractivity contribution in [3.05, 3.63) is 93.3 Å². The van der Waals surface area contributed by atoms with Gasteiger partial charge in [-0.25, -0.2) is 9.37 Å². The Hall–Kier alpha value is -3.96. The van der Waals surface area contributed by atoms with Crippen molar-refractivity contribution in [2.24, 2.45) is 0 Å². The highest BCUT2D eigenvalue weighted by atomic mass is 35.5. The lowest BCUT2D eigenvalue weighted by molar-refractivity contribution is 0.102. The Kier molecular flexibility index (Phi) is 10.7. The average Bonchev–Trinajstić information content (AvgIpc) is 3.01. The summed E-state index contributed by atoms with van der Waals surface area (Å²) in [4.78, 5) is 27.0. The quantitative estimate of drug-likeness (QED) is 0.163. The number of carbonyl (C=O) groups excluding carboxylic acids is 1. The van der Waals surface area contributed by atoms with Crippen LogP contribution in [0.25, 0.3) is 0 Å². The fraction of sp³-hybridized carbons (Fsp3) is 0.303. The number of ether oxygens (including phenoxy) is 2. The highest BCUT2D eigenvalue weighted by Crippen LogP contribution is 2.35. The summed E-state index contributed by atoms with van der Waals surface area (Å²) in [6.07, 6.45) is 2.09. The minimum absolute atomic E-state index is 0.0551. The lowest BCUT2D eigenvalue weighted by Gasteiger charge is -2.32. The summed E-state index contributed by atoms with van der Waals surface area (Å²) < 4.78 is 26.9. The van der Waals surface area contributed by atoms with Crippen LogP contribution in [0.3, 0.4) is 0 Å². The van der Waals surface area contributed by atoms with E-state index in [0.717, 1.165) is 50.3 Å². The molecule has 2 heterocycles. The van der Waals surface area contributed by atoms with E-state index in [1.807, 2.05) is 32.0 Å². The van der Waals surface area contributed by atoms with E-state index in [2.05, 4.69) is 37.4 Å². The summed E-state index contributed by atoms with van der Waals surface area (Å²) in [6.45, 7) is 9.09. The second-order valence-corrected chi connectivity index (χ2v) is 11.7. The van der Waals surface area contributed by atoms with Crippen LogP contribution in [0, 0.1) is 19.7 Å². The molecule has 5 rings (SSSR count). The number of para-hydroxylation sites is 2. The van der Waals surface area contributed by atoms with Crippen molar-refractivity contribution in [3.63, 3.8) is 0 Å². The Bertz CT molecular complexity index is 1650.